The van der Waals surface area contributed by atoms with Gasteiger partial charge in [-0.3, -0.25) is 9.55 Å². The van der Waals surface area contributed by atoms with Crippen molar-refractivity contribution in [1.29, 1.82) is 0 Å². The standard InChI is InChI=1S/C71H71N3O/c1-45-38-51(64-56(49-24-18-15-19-25-49)26-20-28-59(64)70(8,9)10)34-35-62(45)74-63-29-21-27-57(65(63)73-67(74)58-43-55(69(5,6)7)44-60(66(58)75)71(11,12)13)52-39-53(41-54(40-52)68(2,3)4)61-42-50(36-37-72-61)48-32-30-47(31-33-48)46-22-16-14-17-23-46/h14-44,75H,1-13H3/i1D3. The average Bonchev–Trinajstić information content (AvgIpc) is 3.81. The van der Waals surface area contributed by atoms with E-state index < -0.39 is 12.3 Å². The van der Waals surface area contributed by atoms with Gasteiger partial charge < -0.3 is 5.11 Å². The molecule has 0 radical (unpaired) electrons. The average molecular weight is 985 g/mol. The van der Waals surface area contributed by atoms with Crippen molar-refractivity contribution in [3.63, 3.8) is 0 Å². The predicted molar refractivity (Wildman–Crippen MR) is 318 cm³/mol. The molecule has 2 heterocycles. The van der Waals surface area contributed by atoms with Gasteiger partial charge in [0.2, 0.25) is 0 Å². The lowest BCUT2D eigenvalue weighted by Gasteiger charge is -2.28. The Balaban J connectivity index is 1.23. The molecule has 0 aliphatic heterocycles. The SMILES string of the molecule is [2H]C([2H])([2H])c1cc(-c2c(-c3ccccc3)cccc2C(C)(C)C)ccc1-n1c(-c2cc(C(C)(C)C)cc(C(C)(C)C)c2O)nc2c(-c3cc(-c4cc(-c5ccc(-c6ccccc6)cc5)ccn4)cc(C(C)(C)C)c3)cccc21. The number of fused-ring (bicyclic) bond motifs is 1. The zero-order chi connectivity index (χ0) is 55.7. The van der Waals surface area contributed by atoms with Gasteiger partial charge in [-0.15, -0.1) is 0 Å². The first kappa shape index (κ1) is 46.9. The third-order valence-corrected chi connectivity index (χ3v) is 14.7. The number of nitrogens with zero attached hydrogens (tertiary/aromatic N) is 3. The second-order valence-electron chi connectivity index (χ2n) is 24.4. The van der Waals surface area contributed by atoms with Gasteiger partial charge in [0.1, 0.15) is 11.6 Å². The topological polar surface area (TPSA) is 50.9 Å². The third-order valence-electron chi connectivity index (χ3n) is 14.7. The summed E-state index contributed by atoms with van der Waals surface area (Å²) in [4.78, 5) is 10.6. The molecule has 376 valence electrons. The number of benzene rings is 8. The zero-order valence-electron chi connectivity index (χ0n) is 48.7. The lowest BCUT2D eigenvalue weighted by Crippen LogP contribution is -2.17. The van der Waals surface area contributed by atoms with E-state index in [1.165, 1.54) is 5.56 Å². The maximum Gasteiger partial charge on any atom is 0.149 e. The zero-order valence-corrected chi connectivity index (χ0v) is 45.7. The Morgan fingerprint density at radius 2 is 1.00 bits per heavy atom. The van der Waals surface area contributed by atoms with Gasteiger partial charge in [-0.05, 0) is 149 Å². The smallest absolute Gasteiger partial charge is 0.149 e. The second kappa shape index (κ2) is 19.1. The van der Waals surface area contributed by atoms with E-state index in [2.05, 4.69) is 210 Å². The van der Waals surface area contributed by atoms with Crippen LogP contribution in [0.3, 0.4) is 0 Å². The van der Waals surface area contributed by atoms with E-state index >= 15 is 0 Å². The fraction of sp³-hybridized carbons (Fsp3) is 0.239. The summed E-state index contributed by atoms with van der Waals surface area (Å²) in [5.74, 6) is 0.565. The molecule has 0 amide bonds. The summed E-state index contributed by atoms with van der Waals surface area (Å²) in [5.41, 5.74) is 17.4. The van der Waals surface area contributed by atoms with E-state index in [4.69, 9.17) is 9.97 Å². The number of phenols is 1. The minimum atomic E-state index is -2.56. The molecule has 0 spiro atoms. The van der Waals surface area contributed by atoms with Crippen LogP contribution < -0.4 is 0 Å². The molecule has 10 aromatic rings. The first-order valence-electron chi connectivity index (χ1n) is 27.8. The van der Waals surface area contributed by atoms with Gasteiger partial charge in [0.15, 0.2) is 0 Å². The van der Waals surface area contributed by atoms with Crippen molar-refractivity contribution in [1.82, 2.24) is 14.5 Å². The van der Waals surface area contributed by atoms with Crippen LogP contribution in [0.4, 0.5) is 0 Å². The van der Waals surface area contributed by atoms with Crippen LogP contribution in [0.5, 0.6) is 5.75 Å². The molecule has 0 aliphatic rings. The van der Waals surface area contributed by atoms with Crippen molar-refractivity contribution in [2.24, 2.45) is 0 Å². The fourth-order valence-electron chi connectivity index (χ4n) is 10.4. The van der Waals surface area contributed by atoms with Crippen molar-refractivity contribution in [3.05, 3.63) is 216 Å². The minimum absolute atomic E-state index is 0.116. The molecule has 0 bridgehead atoms. The highest BCUT2D eigenvalue weighted by Crippen LogP contribution is 2.47. The number of aromatic nitrogens is 3. The summed E-state index contributed by atoms with van der Waals surface area (Å²) >= 11 is 0. The van der Waals surface area contributed by atoms with E-state index in [9.17, 15) is 9.22 Å². The molecular weight excluding hydrogens is 911 g/mol. The highest BCUT2D eigenvalue weighted by atomic mass is 16.3. The summed E-state index contributed by atoms with van der Waals surface area (Å²) in [7, 11) is 0. The first-order valence-corrected chi connectivity index (χ1v) is 26.3. The number of hydrogen-bond acceptors (Lipinski definition) is 3. The molecule has 4 heteroatoms. The number of phenolic OH excluding ortho intramolecular Hbond substituents is 1. The van der Waals surface area contributed by atoms with Gasteiger partial charge in [-0.1, -0.05) is 217 Å². The maximum atomic E-state index is 12.7. The second-order valence-corrected chi connectivity index (χ2v) is 24.4. The Bertz CT molecular complexity index is 3860. The molecule has 4 nitrogen and oxygen atoms in total. The monoisotopic (exact) mass is 985 g/mol. The lowest BCUT2D eigenvalue weighted by atomic mass is 9.78. The summed E-state index contributed by atoms with van der Waals surface area (Å²) in [6, 6.07) is 62.9. The normalized spacial score (nSPS) is 13.1. The molecule has 0 atom stereocenters. The van der Waals surface area contributed by atoms with Crippen molar-refractivity contribution in [2.75, 3.05) is 0 Å². The Morgan fingerprint density at radius 1 is 0.427 bits per heavy atom. The molecule has 2 aromatic heterocycles. The number of para-hydroxylation sites is 1. The number of aromatic hydroxyl groups is 1. The van der Waals surface area contributed by atoms with Gasteiger partial charge in [0.25, 0.3) is 0 Å². The molecular formula is C71H71N3O. The molecule has 0 aliphatic carbocycles. The molecule has 1 N–H and O–H groups in total. The molecule has 75 heavy (non-hydrogen) atoms. The summed E-state index contributed by atoms with van der Waals surface area (Å²) in [6.07, 6.45) is 1.88. The van der Waals surface area contributed by atoms with Gasteiger partial charge >= 0.3 is 0 Å². The first-order chi connectivity index (χ1) is 36.8. The van der Waals surface area contributed by atoms with Gasteiger partial charge in [-0.25, -0.2) is 4.98 Å². The van der Waals surface area contributed by atoms with Gasteiger partial charge in [0, 0.05) is 27.0 Å². The Kier molecular flexibility index (Phi) is 12.0. The lowest BCUT2D eigenvalue weighted by molar-refractivity contribution is 0.446. The number of aryl methyl sites for hydroxylation is 1. The maximum absolute atomic E-state index is 12.7. The molecule has 0 saturated carbocycles. The Labute approximate surface area is 450 Å². The van der Waals surface area contributed by atoms with E-state index in [1.807, 2.05) is 65.4 Å². The molecule has 8 aromatic carbocycles. The van der Waals surface area contributed by atoms with E-state index in [0.29, 0.717) is 28.1 Å². The fourth-order valence-corrected chi connectivity index (χ4v) is 10.4. The van der Waals surface area contributed by atoms with E-state index in [0.717, 1.165) is 83.6 Å². The van der Waals surface area contributed by atoms with E-state index in [1.54, 1.807) is 0 Å². The van der Waals surface area contributed by atoms with E-state index in [-0.39, 0.29) is 27.6 Å². The number of rotatable bonds is 8. The van der Waals surface area contributed by atoms with Gasteiger partial charge in [0.05, 0.1) is 28.0 Å². The number of hydrogen-bond donors (Lipinski definition) is 1. The largest absolute Gasteiger partial charge is 0.507 e. The van der Waals surface area contributed by atoms with Gasteiger partial charge in [-0.2, -0.15) is 0 Å². The van der Waals surface area contributed by atoms with Crippen LogP contribution in [0.15, 0.2) is 188 Å². The predicted octanol–water partition coefficient (Wildman–Crippen LogP) is 19.3. The number of pyridine rings is 1. The summed E-state index contributed by atoms with van der Waals surface area (Å²) in [5, 5.41) is 12.7. The Hall–Kier alpha value is -7.82. The highest BCUT2D eigenvalue weighted by molar-refractivity contribution is 5.97. The molecule has 0 fully saturated rings. The van der Waals surface area contributed by atoms with Crippen molar-refractivity contribution >= 4 is 11.0 Å². The Morgan fingerprint density at radius 3 is 1.64 bits per heavy atom. The number of imidazole rings is 1. The third kappa shape index (κ3) is 9.99. The van der Waals surface area contributed by atoms with Crippen LogP contribution in [0.25, 0.3) is 95.0 Å². The molecule has 0 unspecified atom stereocenters. The van der Waals surface area contributed by atoms with Crippen LogP contribution in [-0.4, -0.2) is 19.6 Å². The summed E-state index contributed by atoms with van der Waals surface area (Å²) < 4.78 is 30.0. The quantitative estimate of drug-likeness (QED) is 0.165. The summed E-state index contributed by atoms with van der Waals surface area (Å²) in [6.45, 7) is 23.6. The van der Waals surface area contributed by atoms with Crippen LogP contribution in [0.1, 0.15) is 115 Å². The van der Waals surface area contributed by atoms with Crippen LogP contribution in [0.2, 0.25) is 0 Å². The molecule has 10 rings (SSSR count). The van der Waals surface area contributed by atoms with Crippen LogP contribution in [0, 0.1) is 6.85 Å². The van der Waals surface area contributed by atoms with Crippen molar-refractivity contribution in [3.8, 4) is 89.7 Å². The van der Waals surface area contributed by atoms with Crippen LogP contribution >= 0.6 is 0 Å². The van der Waals surface area contributed by atoms with Crippen molar-refractivity contribution in [2.45, 2.75) is 112 Å². The molecule has 0 saturated heterocycles. The highest BCUT2D eigenvalue weighted by Gasteiger charge is 2.30. The minimum Gasteiger partial charge on any atom is -0.507 e. The van der Waals surface area contributed by atoms with Crippen LogP contribution in [-0.2, 0) is 21.7 Å². The van der Waals surface area contributed by atoms with Crippen molar-refractivity contribution < 1.29 is 9.22 Å².